The summed E-state index contributed by atoms with van der Waals surface area (Å²) in [6, 6.07) is 14.6. The summed E-state index contributed by atoms with van der Waals surface area (Å²) in [5, 5.41) is 9.69. The van der Waals surface area contributed by atoms with Gasteiger partial charge in [-0.25, -0.2) is 0 Å². The third kappa shape index (κ3) is 4.34. The van der Waals surface area contributed by atoms with Crippen LogP contribution in [0, 0.1) is 0 Å². The molecule has 0 atom stereocenters. The number of hydrogen-bond donors (Lipinski definition) is 1. The van der Waals surface area contributed by atoms with E-state index in [1.54, 1.807) is 30.3 Å². The number of rotatable bonds is 5. The van der Waals surface area contributed by atoms with Crippen LogP contribution in [0.1, 0.15) is 11.5 Å². The zero-order valence-electron chi connectivity index (χ0n) is 14.4. The van der Waals surface area contributed by atoms with E-state index in [0.717, 1.165) is 0 Å². The van der Waals surface area contributed by atoms with E-state index in [9.17, 15) is 18.0 Å². The summed E-state index contributed by atoms with van der Waals surface area (Å²) in [4.78, 5) is 20.5. The first-order chi connectivity index (χ1) is 13.4. The molecule has 28 heavy (non-hydrogen) atoms. The van der Waals surface area contributed by atoms with Gasteiger partial charge >= 0.3 is 12.1 Å². The Balaban J connectivity index is 1.76. The molecule has 7 nitrogen and oxygen atoms in total. The number of amides is 1. The Morgan fingerprint density at radius 2 is 1.79 bits per heavy atom. The Bertz CT molecular complexity index is 983. The van der Waals surface area contributed by atoms with Crippen LogP contribution < -0.4 is 5.32 Å². The number of halogens is 3. The lowest BCUT2D eigenvalue weighted by molar-refractivity contribution is -0.159. The van der Waals surface area contributed by atoms with Gasteiger partial charge in [0.15, 0.2) is 5.71 Å². The smallest absolute Gasteiger partial charge is 0.398 e. The number of oxime groups is 1. The summed E-state index contributed by atoms with van der Waals surface area (Å²) in [6.45, 7) is 0. The number of aromatic nitrogens is 2. The zero-order valence-corrected chi connectivity index (χ0v) is 14.4. The molecular formula is C18H13F3N4O3. The molecule has 1 amide bonds. The van der Waals surface area contributed by atoms with Gasteiger partial charge in [-0.2, -0.15) is 18.2 Å². The molecule has 3 rings (SSSR count). The normalized spacial score (nSPS) is 11.9. The first-order valence-corrected chi connectivity index (χ1v) is 7.88. The largest absolute Gasteiger partial charge is 0.471 e. The van der Waals surface area contributed by atoms with Crippen molar-refractivity contribution in [3.8, 4) is 11.4 Å². The van der Waals surface area contributed by atoms with Gasteiger partial charge in [0.1, 0.15) is 7.11 Å². The van der Waals surface area contributed by atoms with Crippen LogP contribution in [0.4, 0.5) is 18.9 Å². The number of nitrogens with one attached hydrogen (secondary N) is 1. The van der Waals surface area contributed by atoms with E-state index in [-0.39, 0.29) is 11.5 Å². The molecule has 10 heteroatoms. The van der Waals surface area contributed by atoms with Crippen molar-refractivity contribution in [1.29, 1.82) is 0 Å². The summed E-state index contributed by atoms with van der Waals surface area (Å²) < 4.78 is 41.8. The van der Waals surface area contributed by atoms with E-state index in [0.29, 0.717) is 16.8 Å². The van der Waals surface area contributed by atoms with E-state index in [2.05, 4.69) is 25.1 Å². The SMILES string of the molecule is CO/N=C(/C(=O)Nc1ccc(-c2noc(C(F)(F)F)n2)cc1)c1ccccc1. The summed E-state index contributed by atoms with van der Waals surface area (Å²) in [6.07, 6.45) is -4.71. The minimum Gasteiger partial charge on any atom is -0.398 e. The number of anilines is 1. The standard InChI is InChI=1S/C18H13F3N4O3/c1-27-24-14(11-5-3-2-4-6-11)16(26)22-13-9-7-12(8-10-13)15-23-17(28-25-15)18(19,20)21/h2-10H,1H3,(H,22,26)/b24-14+. The zero-order chi connectivity index (χ0) is 20.1. The molecule has 0 saturated carbocycles. The lowest BCUT2D eigenvalue weighted by Crippen LogP contribution is -2.24. The second kappa shape index (κ2) is 7.91. The van der Waals surface area contributed by atoms with Crippen molar-refractivity contribution < 1.29 is 27.3 Å². The van der Waals surface area contributed by atoms with Crippen LogP contribution in [0.3, 0.4) is 0 Å². The van der Waals surface area contributed by atoms with Crippen molar-refractivity contribution in [1.82, 2.24) is 10.1 Å². The highest BCUT2D eigenvalue weighted by atomic mass is 19.4. The average Bonchev–Trinajstić information content (AvgIpc) is 3.18. The number of alkyl halides is 3. The summed E-state index contributed by atoms with van der Waals surface area (Å²) in [5.74, 6) is -2.15. The fourth-order valence-corrected chi connectivity index (χ4v) is 2.26. The summed E-state index contributed by atoms with van der Waals surface area (Å²) in [5.41, 5.74) is 1.32. The molecule has 2 aromatic carbocycles. The maximum atomic E-state index is 12.5. The Hall–Kier alpha value is -3.69. The minimum absolute atomic E-state index is 0.0696. The van der Waals surface area contributed by atoms with Gasteiger partial charge < -0.3 is 14.7 Å². The van der Waals surface area contributed by atoms with Crippen molar-refractivity contribution in [2.24, 2.45) is 5.16 Å². The predicted molar refractivity (Wildman–Crippen MR) is 93.4 cm³/mol. The van der Waals surface area contributed by atoms with Crippen molar-refractivity contribution in [2.45, 2.75) is 6.18 Å². The minimum atomic E-state index is -4.71. The molecule has 0 aliphatic carbocycles. The van der Waals surface area contributed by atoms with Gasteiger partial charge in [0.25, 0.3) is 5.91 Å². The van der Waals surface area contributed by atoms with E-state index in [1.807, 2.05) is 0 Å². The third-order valence-corrected chi connectivity index (χ3v) is 3.51. The molecule has 0 saturated heterocycles. The van der Waals surface area contributed by atoms with E-state index in [1.165, 1.54) is 31.4 Å². The number of hydrogen-bond acceptors (Lipinski definition) is 6. The molecule has 0 radical (unpaired) electrons. The number of carbonyl (C=O) groups excluding carboxylic acids is 1. The van der Waals surface area contributed by atoms with Gasteiger partial charge in [-0.1, -0.05) is 40.6 Å². The lowest BCUT2D eigenvalue weighted by atomic mass is 10.1. The fourth-order valence-electron chi connectivity index (χ4n) is 2.26. The van der Waals surface area contributed by atoms with E-state index >= 15 is 0 Å². The maximum Gasteiger partial charge on any atom is 0.471 e. The molecular weight excluding hydrogens is 377 g/mol. The van der Waals surface area contributed by atoms with Crippen LogP contribution in [0.5, 0.6) is 0 Å². The highest BCUT2D eigenvalue weighted by molar-refractivity contribution is 6.48. The van der Waals surface area contributed by atoms with Crippen molar-refractivity contribution in [2.75, 3.05) is 12.4 Å². The van der Waals surface area contributed by atoms with Crippen LogP contribution in [-0.4, -0.2) is 28.9 Å². The Morgan fingerprint density at radius 3 is 2.36 bits per heavy atom. The van der Waals surface area contributed by atoms with E-state index < -0.39 is 18.0 Å². The van der Waals surface area contributed by atoms with Crippen LogP contribution >= 0.6 is 0 Å². The molecule has 144 valence electrons. The number of nitrogens with zero attached hydrogens (tertiary/aromatic N) is 3. The first-order valence-electron chi connectivity index (χ1n) is 7.88. The molecule has 0 fully saturated rings. The molecule has 1 N–H and O–H groups in total. The predicted octanol–water partition coefficient (Wildman–Crippen LogP) is 3.74. The van der Waals surface area contributed by atoms with Crippen molar-refractivity contribution >= 4 is 17.3 Å². The molecule has 1 heterocycles. The van der Waals surface area contributed by atoms with Gasteiger partial charge in [0, 0.05) is 16.8 Å². The van der Waals surface area contributed by atoms with Crippen LogP contribution in [-0.2, 0) is 15.8 Å². The van der Waals surface area contributed by atoms with Gasteiger partial charge in [0.05, 0.1) is 0 Å². The maximum absolute atomic E-state index is 12.5. The van der Waals surface area contributed by atoms with Gasteiger partial charge in [-0.3, -0.25) is 4.79 Å². The fraction of sp³-hybridized carbons (Fsp3) is 0.111. The summed E-state index contributed by atoms with van der Waals surface area (Å²) in [7, 11) is 1.32. The van der Waals surface area contributed by atoms with Gasteiger partial charge in [0.2, 0.25) is 5.82 Å². The molecule has 0 bridgehead atoms. The Morgan fingerprint density at radius 1 is 1.11 bits per heavy atom. The molecule has 3 aromatic rings. The second-order valence-electron chi connectivity index (χ2n) is 5.44. The highest BCUT2D eigenvalue weighted by Gasteiger charge is 2.38. The van der Waals surface area contributed by atoms with Crippen molar-refractivity contribution in [3.05, 3.63) is 66.1 Å². The molecule has 0 spiro atoms. The van der Waals surface area contributed by atoms with Gasteiger partial charge in [-0.15, -0.1) is 0 Å². The Labute approximate surface area is 156 Å². The topological polar surface area (TPSA) is 89.6 Å². The highest BCUT2D eigenvalue weighted by Crippen LogP contribution is 2.29. The first kappa shape index (κ1) is 19.1. The number of carbonyl (C=O) groups is 1. The van der Waals surface area contributed by atoms with E-state index in [4.69, 9.17) is 4.84 Å². The number of benzene rings is 2. The van der Waals surface area contributed by atoms with Crippen LogP contribution in [0.15, 0.2) is 64.3 Å². The molecule has 1 aromatic heterocycles. The summed E-state index contributed by atoms with van der Waals surface area (Å²) >= 11 is 0. The van der Waals surface area contributed by atoms with Crippen LogP contribution in [0.25, 0.3) is 11.4 Å². The van der Waals surface area contributed by atoms with Gasteiger partial charge in [-0.05, 0) is 24.3 Å². The monoisotopic (exact) mass is 390 g/mol. The van der Waals surface area contributed by atoms with Crippen LogP contribution in [0.2, 0.25) is 0 Å². The molecule has 0 aliphatic rings. The molecule has 0 aliphatic heterocycles. The second-order valence-corrected chi connectivity index (χ2v) is 5.44. The van der Waals surface area contributed by atoms with Crippen molar-refractivity contribution in [3.63, 3.8) is 0 Å². The quantitative estimate of drug-likeness (QED) is 0.529. The average molecular weight is 390 g/mol. The molecule has 0 unspecified atom stereocenters. The third-order valence-electron chi connectivity index (χ3n) is 3.51. The lowest BCUT2D eigenvalue weighted by Gasteiger charge is -2.08. The Kier molecular flexibility index (Phi) is 5.39.